The molecule has 5 aromatic rings. The van der Waals surface area contributed by atoms with Crippen molar-refractivity contribution < 1.29 is 14.3 Å². The summed E-state index contributed by atoms with van der Waals surface area (Å²) < 4.78 is 8.99. The second-order valence-corrected chi connectivity index (χ2v) is 9.94. The molecule has 0 fully saturated rings. The molecule has 10 heteroatoms. The molecule has 0 unspecified atom stereocenters. The van der Waals surface area contributed by atoms with Crippen molar-refractivity contribution in [3.05, 3.63) is 121 Å². The number of halogens is 2. The molecular weight excluding hydrogens is 584 g/mol. The van der Waals surface area contributed by atoms with Gasteiger partial charge in [0.1, 0.15) is 16.9 Å². The van der Waals surface area contributed by atoms with Crippen molar-refractivity contribution in [2.45, 2.75) is 19.9 Å². The highest BCUT2D eigenvalue weighted by Crippen LogP contribution is 2.22. The average molecular weight is 606 g/mol. The summed E-state index contributed by atoms with van der Waals surface area (Å²) in [6.45, 7) is 2.05. The highest BCUT2D eigenvalue weighted by molar-refractivity contribution is 9.10. The molecule has 0 bridgehead atoms. The summed E-state index contributed by atoms with van der Waals surface area (Å²) in [5, 5.41) is 0.408. The molecule has 5 rings (SSSR count). The van der Waals surface area contributed by atoms with Gasteiger partial charge in [0.2, 0.25) is 0 Å². The first-order chi connectivity index (χ1) is 18.9. The average Bonchev–Trinajstić information content (AvgIpc) is 2.94. The first kappa shape index (κ1) is 26.5. The van der Waals surface area contributed by atoms with Gasteiger partial charge in [-0.3, -0.25) is 14.0 Å². The van der Waals surface area contributed by atoms with Gasteiger partial charge in [-0.1, -0.05) is 63.9 Å². The molecule has 0 N–H and O–H groups in total. The molecule has 0 aliphatic rings. The molecular formula is C29H22BrClN4O4. The third-order valence-electron chi connectivity index (χ3n) is 6.12. The van der Waals surface area contributed by atoms with Crippen molar-refractivity contribution >= 4 is 56.1 Å². The maximum atomic E-state index is 13.5. The van der Waals surface area contributed by atoms with Crippen molar-refractivity contribution in [2.24, 2.45) is 4.99 Å². The van der Waals surface area contributed by atoms with E-state index in [9.17, 15) is 14.4 Å². The van der Waals surface area contributed by atoms with Crippen LogP contribution in [0.5, 0.6) is 0 Å². The fourth-order valence-electron chi connectivity index (χ4n) is 4.27. The third kappa shape index (κ3) is 5.41. The number of ether oxygens (including phenoxy) is 1. The van der Waals surface area contributed by atoms with Crippen LogP contribution in [0.2, 0.25) is 5.02 Å². The summed E-state index contributed by atoms with van der Waals surface area (Å²) in [4.78, 5) is 49.3. The Balaban J connectivity index is 1.85. The molecule has 39 heavy (non-hydrogen) atoms. The normalized spacial score (nSPS) is 11.7. The van der Waals surface area contributed by atoms with Crippen LogP contribution in [0.25, 0.3) is 16.7 Å². The number of rotatable bonds is 6. The Bertz CT molecular complexity index is 1870. The molecule has 3 aromatic heterocycles. The summed E-state index contributed by atoms with van der Waals surface area (Å²) in [5.74, 6) is -1.37. The first-order valence-corrected chi connectivity index (χ1v) is 13.3. The Morgan fingerprint density at radius 2 is 1.79 bits per heavy atom. The van der Waals surface area contributed by atoms with Gasteiger partial charge in [0, 0.05) is 17.2 Å². The minimum absolute atomic E-state index is 0.0216. The highest BCUT2D eigenvalue weighted by atomic mass is 79.9. The van der Waals surface area contributed by atoms with Crippen LogP contribution in [0.4, 0.5) is 0 Å². The van der Waals surface area contributed by atoms with Crippen LogP contribution >= 0.6 is 27.5 Å². The Morgan fingerprint density at radius 3 is 2.56 bits per heavy atom. The molecule has 0 atom stereocenters. The van der Waals surface area contributed by atoms with E-state index in [-0.39, 0.29) is 45.7 Å². The predicted molar refractivity (Wildman–Crippen MR) is 152 cm³/mol. The number of carbonyl (C=O) groups excluding carboxylic acids is 2. The second kappa shape index (κ2) is 11.3. The molecule has 0 aliphatic heterocycles. The lowest BCUT2D eigenvalue weighted by molar-refractivity contribution is 0.0523. The van der Waals surface area contributed by atoms with Gasteiger partial charge in [-0.25, -0.2) is 9.78 Å². The number of hydrogen-bond acceptors (Lipinski definition) is 5. The van der Waals surface area contributed by atoms with E-state index in [2.05, 4.69) is 20.9 Å². The van der Waals surface area contributed by atoms with Gasteiger partial charge in [0.25, 0.3) is 11.5 Å². The summed E-state index contributed by atoms with van der Waals surface area (Å²) in [6.07, 6.45) is 2.14. The largest absolute Gasteiger partial charge is 0.462 e. The second-order valence-electron chi connectivity index (χ2n) is 8.61. The predicted octanol–water partition coefficient (Wildman–Crippen LogP) is 5.23. The molecule has 2 aromatic carbocycles. The van der Waals surface area contributed by atoms with Crippen molar-refractivity contribution in [2.75, 3.05) is 6.61 Å². The van der Waals surface area contributed by atoms with E-state index in [1.54, 1.807) is 54.1 Å². The maximum absolute atomic E-state index is 13.5. The topological polar surface area (TPSA) is 95.0 Å². The zero-order chi connectivity index (χ0) is 27.5. The molecule has 8 nitrogen and oxygen atoms in total. The number of benzene rings is 2. The maximum Gasteiger partial charge on any atom is 0.341 e. The van der Waals surface area contributed by atoms with Gasteiger partial charge in [-0.15, -0.1) is 0 Å². The van der Waals surface area contributed by atoms with Gasteiger partial charge in [0.15, 0.2) is 5.49 Å². The molecule has 1 amide bonds. The van der Waals surface area contributed by atoms with E-state index in [1.165, 1.54) is 10.5 Å². The van der Waals surface area contributed by atoms with Gasteiger partial charge < -0.3 is 9.30 Å². The minimum Gasteiger partial charge on any atom is -0.462 e. The third-order valence-corrected chi connectivity index (χ3v) is 6.94. The number of pyridine rings is 2. The SMILES string of the molecule is CCOC(=O)c1cc2c(=O)n3ccccc3nc2n(CCc2ccccc2)c1=NC(=O)c1cc(Br)ccc1Cl. The molecule has 0 radical (unpaired) electrons. The van der Waals surface area contributed by atoms with E-state index in [0.29, 0.717) is 22.2 Å². The molecule has 3 heterocycles. The van der Waals surface area contributed by atoms with Crippen LogP contribution < -0.4 is 11.0 Å². The molecule has 0 spiro atoms. The quantitative estimate of drug-likeness (QED) is 0.195. The van der Waals surface area contributed by atoms with Gasteiger partial charge in [0.05, 0.1) is 22.6 Å². The van der Waals surface area contributed by atoms with Crippen LogP contribution in [0.15, 0.2) is 93.3 Å². The van der Waals surface area contributed by atoms with Crippen LogP contribution in [0.1, 0.15) is 33.2 Å². The number of carbonyl (C=O) groups is 2. The van der Waals surface area contributed by atoms with Gasteiger partial charge in [-0.2, -0.15) is 4.99 Å². The zero-order valence-corrected chi connectivity index (χ0v) is 23.1. The number of fused-ring (bicyclic) bond motifs is 2. The van der Waals surface area contributed by atoms with Crippen molar-refractivity contribution in [1.82, 2.24) is 14.0 Å². The number of nitrogens with zero attached hydrogens (tertiary/aromatic N) is 4. The number of aromatic nitrogens is 3. The first-order valence-electron chi connectivity index (χ1n) is 12.2. The lowest BCUT2D eigenvalue weighted by Gasteiger charge is -2.15. The van der Waals surface area contributed by atoms with E-state index >= 15 is 0 Å². The summed E-state index contributed by atoms with van der Waals surface area (Å²) in [6, 6.07) is 21.2. The molecule has 0 aliphatic carbocycles. The van der Waals surface area contributed by atoms with Crippen molar-refractivity contribution in [1.29, 1.82) is 0 Å². The minimum atomic E-state index is -0.711. The van der Waals surface area contributed by atoms with Gasteiger partial charge >= 0.3 is 5.97 Å². The standard InChI is InChI=1S/C29H22BrClN4O4/c1-2-39-29(38)22-17-21-25(32-24-10-6-7-14-34(24)28(21)37)35(15-13-18-8-4-3-5-9-18)26(22)33-27(36)20-16-19(30)11-12-23(20)31/h3-12,14,16-17H,2,13,15H2,1H3. The number of aryl methyl sites for hydroxylation is 2. The monoisotopic (exact) mass is 604 g/mol. The van der Waals surface area contributed by atoms with Crippen LogP contribution in [-0.4, -0.2) is 32.4 Å². The number of amides is 1. The summed E-state index contributed by atoms with van der Waals surface area (Å²) in [7, 11) is 0. The van der Waals surface area contributed by atoms with E-state index in [4.69, 9.17) is 21.3 Å². The lowest BCUT2D eigenvalue weighted by atomic mass is 10.1. The van der Waals surface area contributed by atoms with E-state index in [0.717, 1.165) is 5.56 Å². The smallest absolute Gasteiger partial charge is 0.341 e. The van der Waals surface area contributed by atoms with E-state index in [1.807, 2.05) is 30.3 Å². The highest BCUT2D eigenvalue weighted by Gasteiger charge is 2.21. The number of esters is 1. The fraction of sp³-hybridized carbons (Fsp3) is 0.138. The zero-order valence-electron chi connectivity index (χ0n) is 20.8. The molecule has 196 valence electrons. The lowest BCUT2D eigenvalue weighted by Crippen LogP contribution is -2.33. The van der Waals surface area contributed by atoms with Crippen LogP contribution in [-0.2, 0) is 17.7 Å². The summed E-state index contributed by atoms with van der Waals surface area (Å²) in [5.41, 5.74) is 1.53. The summed E-state index contributed by atoms with van der Waals surface area (Å²) >= 11 is 9.67. The Labute approximate surface area is 236 Å². The molecule has 0 saturated heterocycles. The van der Waals surface area contributed by atoms with Crippen molar-refractivity contribution in [3.63, 3.8) is 0 Å². The Morgan fingerprint density at radius 1 is 1.03 bits per heavy atom. The number of hydrogen-bond donors (Lipinski definition) is 0. The van der Waals surface area contributed by atoms with E-state index < -0.39 is 11.9 Å². The Kier molecular flexibility index (Phi) is 7.72. The molecule has 0 saturated carbocycles. The van der Waals surface area contributed by atoms with Crippen LogP contribution in [0, 0.1) is 0 Å². The van der Waals surface area contributed by atoms with Crippen LogP contribution in [0.3, 0.4) is 0 Å². The van der Waals surface area contributed by atoms with Crippen molar-refractivity contribution in [3.8, 4) is 0 Å². The fourth-order valence-corrected chi connectivity index (χ4v) is 4.83. The Hall–Kier alpha value is -4.08. The van der Waals surface area contributed by atoms with Gasteiger partial charge in [-0.05, 0) is 55.3 Å².